The molecule has 81 heavy (non-hydrogen) atoms. The summed E-state index contributed by atoms with van der Waals surface area (Å²) in [4.78, 5) is 82.6. The predicted molar refractivity (Wildman–Crippen MR) is 309 cm³/mol. The average Bonchev–Trinajstić information content (AvgIpc) is 3.44. The minimum absolute atomic E-state index is 0.0157. The average molecular weight is 1110 g/mol. The molecule has 0 spiro atoms. The van der Waals surface area contributed by atoms with E-state index in [1.165, 1.54) is 9.91 Å². The molecular weight excluding hydrogens is 1030 g/mol. The molecule has 6 heterocycles. The van der Waals surface area contributed by atoms with E-state index in [2.05, 4.69) is 59.7 Å². The summed E-state index contributed by atoms with van der Waals surface area (Å²) in [6, 6.07) is 18.1. The number of phenols is 1. The molecular formula is C63H80N8O10. The highest BCUT2D eigenvalue weighted by Crippen LogP contribution is 2.46. The summed E-state index contributed by atoms with van der Waals surface area (Å²) >= 11 is 0. The number of aliphatic hydroxyl groups excluding tert-OH is 1. The van der Waals surface area contributed by atoms with Crippen LogP contribution >= 0.6 is 0 Å². The number of aliphatic hydroxyl groups is 1. The number of methoxy groups -OCH3 is 1. The van der Waals surface area contributed by atoms with Crippen molar-refractivity contribution in [3.63, 3.8) is 0 Å². The first-order valence-electron chi connectivity index (χ1n) is 28.9. The molecule has 4 amide bonds. The maximum atomic E-state index is 15.1. The van der Waals surface area contributed by atoms with Crippen molar-refractivity contribution in [2.24, 2.45) is 28.2 Å². The zero-order chi connectivity index (χ0) is 57.4. The fourth-order valence-electron chi connectivity index (χ4n) is 12.9. The summed E-state index contributed by atoms with van der Waals surface area (Å²) in [5, 5.41) is 26.5. The Kier molecular flexibility index (Phi) is 17.1. The van der Waals surface area contributed by atoms with E-state index in [4.69, 9.17) is 19.2 Å². The molecule has 18 nitrogen and oxygen atoms in total. The van der Waals surface area contributed by atoms with E-state index in [9.17, 15) is 29.4 Å². The van der Waals surface area contributed by atoms with E-state index in [-0.39, 0.29) is 67.1 Å². The third kappa shape index (κ3) is 11.9. The van der Waals surface area contributed by atoms with Gasteiger partial charge in [0.15, 0.2) is 0 Å². The molecule has 0 radical (unpaired) electrons. The molecule has 4 aromatic rings. The van der Waals surface area contributed by atoms with Gasteiger partial charge in [0.25, 0.3) is 11.8 Å². The monoisotopic (exact) mass is 1110 g/mol. The van der Waals surface area contributed by atoms with E-state index >= 15 is 4.79 Å². The number of nitrogens with one attached hydrogen (secondary N) is 2. The topological polar surface area (TPSA) is 208 Å². The van der Waals surface area contributed by atoms with Crippen molar-refractivity contribution < 1.29 is 48.4 Å². The second-order valence-electron chi connectivity index (χ2n) is 23.9. The van der Waals surface area contributed by atoms with Gasteiger partial charge in [-0.1, -0.05) is 69.3 Å². The number of aliphatic imine (C=N–C) groups is 1. The number of phenolic OH excluding ortho intramolecular Hbond substituents is 1. The minimum Gasteiger partial charge on any atom is -0.508 e. The fraction of sp³-hybridized carbons (Fsp3) is 0.524. The van der Waals surface area contributed by atoms with Crippen LogP contribution in [0.15, 0.2) is 90.1 Å². The lowest BCUT2D eigenvalue weighted by atomic mass is 9.83. The van der Waals surface area contributed by atoms with E-state index < -0.39 is 53.3 Å². The molecule has 3 saturated heterocycles. The highest BCUT2D eigenvalue weighted by molar-refractivity contribution is 5.96. The standard InChI is InChI=1S/C63H80N8O10/c1-9-37(3)56(67(7)61(77)58-50(35-80-58)40-15-12-11-13-16-40)59(75)65-51-27-39-25-42(28-45(73)26-39)41-18-19-52-47(29-41)49(32-63(5,6)36-81-62(78)55-46-30-43(46)34-71(66-55)60(51)76)57(70(52)10-2)48-31-44(33-64-54(48)38(4)79-8)68-20-22-69(23-21-68)53(74)17-14-24-72/h9,11-13,15-16,18-19,25-26,28-29,33,37-38,43-44,46,50-51,55-56,58,66,72-73H,1,10,14,17,20-24,27,30-32,34-36H2,2-8H3,(H,65,75)/t37-,38+,43?,44?,46+,50-,51+,55+,56+,58-/m1/s1. The van der Waals surface area contributed by atoms with Crippen LogP contribution in [0, 0.1) is 23.2 Å². The van der Waals surface area contributed by atoms with E-state index in [1.807, 2.05) is 60.5 Å². The van der Waals surface area contributed by atoms with Crippen LogP contribution in [0.5, 0.6) is 5.75 Å². The van der Waals surface area contributed by atoms with Gasteiger partial charge < -0.3 is 44.1 Å². The SMILES string of the molecule is C=C[C@@H](C)[C@@H](C(=O)N[C@H]1Cc2cc(O)cc(c2)-c2ccc3c(c2)c(c(C2=C([C@H](C)OC)N=CC(N4CCN(C(=O)CCCO)CC4)C2)n3CC)CC(C)(C)COC(=O)[C@H]2NN(CC3C[C@@H]32)C1=O)N(C)C(=O)[C@@H]1OC[C@@H]1c1ccccc1. The molecule has 6 aliphatic rings. The van der Waals surface area contributed by atoms with Crippen molar-refractivity contribution in [3.8, 4) is 16.9 Å². The molecule has 5 aliphatic heterocycles. The van der Waals surface area contributed by atoms with Crippen LogP contribution in [0.2, 0.25) is 0 Å². The van der Waals surface area contributed by atoms with Crippen molar-refractivity contribution in [2.45, 2.75) is 122 Å². The summed E-state index contributed by atoms with van der Waals surface area (Å²) in [7, 11) is 3.27. The van der Waals surface area contributed by atoms with Crippen LogP contribution in [0.1, 0.15) is 88.6 Å². The predicted octanol–water partition coefficient (Wildman–Crippen LogP) is 5.88. The molecule has 432 valence electrons. The molecule has 10 atom stereocenters. The highest BCUT2D eigenvalue weighted by atomic mass is 16.5. The Morgan fingerprint density at radius 3 is 2.48 bits per heavy atom. The van der Waals surface area contributed by atoms with Gasteiger partial charge in [-0.15, -0.1) is 6.58 Å². The largest absolute Gasteiger partial charge is 0.508 e. The number of piperazine rings is 1. The van der Waals surface area contributed by atoms with Gasteiger partial charge in [-0.05, 0) is 103 Å². The first kappa shape index (κ1) is 57.5. The third-order valence-corrected chi connectivity index (χ3v) is 17.8. The number of amides is 4. The number of aryl methyl sites for hydroxylation is 1. The number of benzene rings is 3. The number of rotatable bonds is 15. The lowest BCUT2D eigenvalue weighted by Gasteiger charge is -2.41. The molecule has 4 fully saturated rings. The first-order chi connectivity index (χ1) is 38.9. The van der Waals surface area contributed by atoms with Crippen LogP contribution in [-0.4, -0.2) is 173 Å². The number of hydrogen-bond donors (Lipinski definition) is 4. The van der Waals surface area contributed by atoms with Crippen LogP contribution in [0.4, 0.5) is 0 Å². The number of ether oxygens (including phenoxy) is 3. The molecule has 6 bridgehead atoms. The maximum absolute atomic E-state index is 15.1. The van der Waals surface area contributed by atoms with Crippen LogP contribution < -0.4 is 10.7 Å². The number of fused-ring (bicyclic) bond motifs is 8. The van der Waals surface area contributed by atoms with Crippen molar-refractivity contribution in [2.75, 3.05) is 66.7 Å². The van der Waals surface area contributed by atoms with Gasteiger partial charge in [-0.2, -0.15) is 0 Å². The maximum Gasteiger partial charge on any atom is 0.325 e. The Morgan fingerprint density at radius 2 is 1.79 bits per heavy atom. The normalized spacial score (nSPS) is 25.9. The van der Waals surface area contributed by atoms with Crippen molar-refractivity contribution >= 4 is 52.3 Å². The molecule has 1 aromatic heterocycles. The number of carbonyl (C=O) groups is 5. The summed E-state index contributed by atoms with van der Waals surface area (Å²) in [6.45, 7) is 18.0. The molecule has 1 aliphatic carbocycles. The van der Waals surface area contributed by atoms with Gasteiger partial charge in [-0.3, -0.25) is 38.9 Å². The molecule has 2 unspecified atom stereocenters. The van der Waals surface area contributed by atoms with Gasteiger partial charge >= 0.3 is 5.97 Å². The lowest BCUT2D eigenvalue weighted by molar-refractivity contribution is -0.164. The number of aromatic nitrogens is 1. The zero-order valence-electron chi connectivity index (χ0n) is 47.9. The molecule has 3 aromatic carbocycles. The highest BCUT2D eigenvalue weighted by Gasteiger charge is 2.54. The molecule has 4 N–H and O–H groups in total. The van der Waals surface area contributed by atoms with Crippen LogP contribution in [0.3, 0.4) is 0 Å². The molecule has 10 rings (SSSR count). The van der Waals surface area contributed by atoms with Gasteiger partial charge in [0.2, 0.25) is 11.8 Å². The van der Waals surface area contributed by atoms with E-state index in [0.29, 0.717) is 89.1 Å². The first-order valence-corrected chi connectivity index (χ1v) is 28.9. The minimum atomic E-state index is -1.21. The Bertz CT molecular complexity index is 3110. The number of aromatic hydroxyl groups is 1. The van der Waals surface area contributed by atoms with Gasteiger partial charge in [0.1, 0.15) is 30.0 Å². The molecule has 18 heteroatoms. The number of hydrazine groups is 1. The zero-order valence-corrected chi connectivity index (χ0v) is 47.9. The lowest BCUT2D eigenvalue weighted by Crippen LogP contribution is -2.63. The van der Waals surface area contributed by atoms with Crippen LogP contribution in [-0.2, 0) is 57.6 Å². The Morgan fingerprint density at radius 1 is 1.02 bits per heavy atom. The summed E-state index contributed by atoms with van der Waals surface area (Å²) in [5.41, 5.74) is 10.7. The van der Waals surface area contributed by atoms with E-state index in [0.717, 1.165) is 44.6 Å². The number of hydrogen-bond acceptors (Lipinski definition) is 13. The second-order valence-corrected chi connectivity index (χ2v) is 23.9. The number of likely N-dealkylation sites (N-methyl/N-ethyl adjacent to an activating group) is 1. The Labute approximate surface area is 475 Å². The quantitative estimate of drug-likeness (QED) is 0.0814. The fourth-order valence-corrected chi connectivity index (χ4v) is 12.9. The summed E-state index contributed by atoms with van der Waals surface area (Å²) in [6.07, 6.45) is 5.09. The van der Waals surface area contributed by atoms with Gasteiger partial charge in [0.05, 0.1) is 30.7 Å². The van der Waals surface area contributed by atoms with Crippen molar-refractivity contribution in [1.82, 2.24) is 35.0 Å². The summed E-state index contributed by atoms with van der Waals surface area (Å²) in [5.74, 6) is -2.57. The number of carbonyl (C=O) groups excluding carboxylic acids is 5. The second kappa shape index (κ2) is 24.0. The number of cyclic esters (lactones) is 1. The number of esters is 1. The van der Waals surface area contributed by atoms with Gasteiger partial charge in [0, 0.05) is 119 Å². The Hall–Kier alpha value is -6.70. The van der Waals surface area contributed by atoms with E-state index in [1.54, 1.807) is 39.3 Å². The summed E-state index contributed by atoms with van der Waals surface area (Å²) < 4.78 is 20.6. The van der Waals surface area contributed by atoms with Gasteiger partial charge in [-0.25, -0.2) is 5.43 Å². The van der Waals surface area contributed by atoms with Crippen LogP contribution in [0.25, 0.3) is 27.6 Å². The van der Waals surface area contributed by atoms with Crippen molar-refractivity contribution in [1.29, 1.82) is 0 Å². The van der Waals surface area contributed by atoms with Crippen molar-refractivity contribution in [3.05, 3.63) is 107 Å². The molecule has 1 saturated carbocycles. The smallest absolute Gasteiger partial charge is 0.325 e. The Balaban J connectivity index is 1.02. The third-order valence-electron chi connectivity index (χ3n) is 17.8. The number of nitrogens with zero attached hydrogens (tertiary/aromatic N) is 6.